The molecule has 0 unspecified atom stereocenters. The standard InChI is InChI=1S/C13H17N3O3S/c1-15-20(17,18)11-5-6-12(14)13(8-11)16(2)9-10-4-3-7-19-10/h3-8,15H,9,14H2,1-2H3. The van der Waals surface area contributed by atoms with Crippen molar-refractivity contribution < 1.29 is 12.8 Å². The molecule has 2 aromatic rings. The predicted molar refractivity (Wildman–Crippen MR) is 77.9 cm³/mol. The normalized spacial score (nSPS) is 11.5. The number of hydrogen-bond donors (Lipinski definition) is 2. The Morgan fingerprint density at radius 3 is 2.70 bits per heavy atom. The molecule has 1 heterocycles. The Morgan fingerprint density at radius 2 is 2.10 bits per heavy atom. The van der Waals surface area contributed by atoms with Gasteiger partial charge in [0.15, 0.2) is 0 Å². The summed E-state index contributed by atoms with van der Waals surface area (Å²) in [7, 11) is -0.292. The fourth-order valence-electron chi connectivity index (χ4n) is 1.86. The summed E-state index contributed by atoms with van der Waals surface area (Å²) in [5, 5.41) is 0. The van der Waals surface area contributed by atoms with Crippen LogP contribution in [-0.4, -0.2) is 22.5 Å². The van der Waals surface area contributed by atoms with Gasteiger partial charge < -0.3 is 15.1 Å². The maximum atomic E-state index is 11.8. The van der Waals surface area contributed by atoms with Crippen LogP contribution in [0.4, 0.5) is 11.4 Å². The van der Waals surface area contributed by atoms with Gasteiger partial charge in [0, 0.05) is 7.05 Å². The smallest absolute Gasteiger partial charge is 0.240 e. The van der Waals surface area contributed by atoms with Crippen molar-refractivity contribution in [2.45, 2.75) is 11.4 Å². The molecule has 0 fully saturated rings. The van der Waals surface area contributed by atoms with E-state index in [2.05, 4.69) is 4.72 Å². The van der Waals surface area contributed by atoms with Gasteiger partial charge in [-0.3, -0.25) is 0 Å². The van der Waals surface area contributed by atoms with Gasteiger partial charge >= 0.3 is 0 Å². The van der Waals surface area contributed by atoms with Crippen molar-refractivity contribution in [1.29, 1.82) is 0 Å². The van der Waals surface area contributed by atoms with Crippen LogP contribution in [0.3, 0.4) is 0 Å². The van der Waals surface area contributed by atoms with Crippen molar-refractivity contribution in [3.8, 4) is 0 Å². The van der Waals surface area contributed by atoms with E-state index in [0.717, 1.165) is 5.76 Å². The largest absolute Gasteiger partial charge is 0.467 e. The average Bonchev–Trinajstić information content (AvgIpc) is 2.91. The van der Waals surface area contributed by atoms with Gasteiger partial charge in [0.25, 0.3) is 0 Å². The zero-order valence-electron chi connectivity index (χ0n) is 11.3. The van der Waals surface area contributed by atoms with Crippen molar-refractivity contribution in [3.05, 3.63) is 42.4 Å². The highest BCUT2D eigenvalue weighted by Gasteiger charge is 2.15. The summed E-state index contributed by atoms with van der Waals surface area (Å²) in [4.78, 5) is 2.01. The summed E-state index contributed by atoms with van der Waals surface area (Å²) in [5.74, 6) is 0.772. The number of sulfonamides is 1. The van der Waals surface area contributed by atoms with Crippen molar-refractivity contribution in [2.24, 2.45) is 0 Å². The summed E-state index contributed by atoms with van der Waals surface area (Å²) in [5.41, 5.74) is 7.06. The van der Waals surface area contributed by atoms with Crippen LogP contribution >= 0.6 is 0 Å². The minimum absolute atomic E-state index is 0.176. The van der Waals surface area contributed by atoms with Crippen LogP contribution in [0.2, 0.25) is 0 Å². The molecule has 0 saturated heterocycles. The van der Waals surface area contributed by atoms with E-state index in [0.29, 0.717) is 17.9 Å². The minimum Gasteiger partial charge on any atom is -0.467 e. The number of nitrogens with zero attached hydrogens (tertiary/aromatic N) is 1. The third-order valence-corrected chi connectivity index (χ3v) is 4.38. The Hall–Kier alpha value is -1.99. The molecule has 0 atom stereocenters. The second kappa shape index (κ2) is 5.56. The molecule has 0 spiro atoms. The summed E-state index contributed by atoms with van der Waals surface area (Å²) in [6.07, 6.45) is 1.59. The first-order chi connectivity index (χ1) is 9.44. The van der Waals surface area contributed by atoms with E-state index < -0.39 is 10.0 Å². The Balaban J connectivity index is 2.33. The fraction of sp³-hybridized carbons (Fsp3) is 0.231. The fourth-order valence-corrected chi connectivity index (χ4v) is 2.61. The molecule has 1 aromatic carbocycles. The molecule has 3 N–H and O–H groups in total. The lowest BCUT2D eigenvalue weighted by Crippen LogP contribution is -2.21. The molecule has 108 valence electrons. The Labute approximate surface area is 118 Å². The number of nitrogens with one attached hydrogen (secondary N) is 1. The van der Waals surface area contributed by atoms with Crippen molar-refractivity contribution in [1.82, 2.24) is 4.72 Å². The number of hydrogen-bond acceptors (Lipinski definition) is 5. The molecule has 2 rings (SSSR count). The molecule has 6 nitrogen and oxygen atoms in total. The van der Waals surface area contributed by atoms with Crippen LogP contribution in [0.25, 0.3) is 0 Å². The highest BCUT2D eigenvalue weighted by molar-refractivity contribution is 7.89. The number of benzene rings is 1. The second-order valence-corrected chi connectivity index (χ2v) is 6.25. The molecule has 1 aromatic heterocycles. The molecule has 0 saturated carbocycles. The van der Waals surface area contributed by atoms with E-state index >= 15 is 0 Å². The van der Waals surface area contributed by atoms with E-state index in [1.54, 1.807) is 24.5 Å². The second-order valence-electron chi connectivity index (χ2n) is 4.36. The van der Waals surface area contributed by atoms with Gasteiger partial charge in [-0.1, -0.05) is 0 Å². The summed E-state index contributed by atoms with van der Waals surface area (Å²) < 4.78 is 31.2. The maximum Gasteiger partial charge on any atom is 0.240 e. The van der Waals surface area contributed by atoms with Crippen LogP contribution in [0.1, 0.15) is 5.76 Å². The lowest BCUT2D eigenvalue weighted by atomic mass is 10.2. The Kier molecular flexibility index (Phi) is 4.01. The lowest BCUT2D eigenvalue weighted by molar-refractivity contribution is 0.507. The molecule has 0 aliphatic carbocycles. The van der Waals surface area contributed by atoms with Gasteiger partial charge in [0.05, 0.1) is 29.1 Å². The van der Waals surface area contributed by atoms with Crippen molar-refractivity contribution in [3.63, 3.8) is 0 Å². The molecule has 0 bridgehead atoms. The van der Waals surface area contributed by atoms with Crippen LogP contribution in [0.15, 0.2) is 45.9 Å². The summed E-state index contributed by atoms with van der Waals surface area (Å²) in [6, 6.07) is 8.25. The van der Waals surface area contributed by atoms with Crippen molar-refractivity contribution >= 4 is 21.4 Å². The number of rotatable bonds is 5. The highest BCUT2D eigenvalue weighted by atomic mass is 32.2. The van der Waals surface area contributed by atoms with Gasteiger partial charge in [-0.2, -0.15) is 0 Å². The molecule has 0 aliphatic heterocycles. The van der Waals surface area contributed by atoms with Crippen LogP contribution < -0.4 is 15.4 Å². The molecule has 20 heavy (non-hydrogen) atoms. The van der Waals surface area contributed by atoms with E-state index in [9.17, 15) is 8.42 Å². The van der Waals surface area contributed by atoms with E-state index in [4.69, 9.17) is 10.2 Å². The Bertz CT molecular complexity index is 681. The first-order valence-electron chi connectivity index (χ1n) is 6.00. The average molecular weight is 295 g/mol. The predicted octanol–water partition coefficient (Wildman–Crippen LogP) is 1.41. The molecule has 7 heteroatoms. The minimum atomic E-state index is -3.49. The van der Waals surface area contributed by atoms with E-state index in [1.807, 2.05) is 18.0 Å². The lowest BCUT2D eigenvalue weighted by Gasteiger charge is -2.20. The maximum absolute atomic E-state index is 11.8. The number of nitrogen functional groups attached to an aromatic ring is 1. The quantitative estimate of drug-likeness (QED) is 0.814. The van der Waals surface area contributed by atoms with Crippen molar-refractivity contribution in [2.75, 3.05) is 24.7 Å². The van der Waals surface area contributed by atoms with Gasteiger partial charge in [-0.25, -0.2) is 13.1 Å². The van der Waals surface area contributed by atoms with Gasteiger partial charge in [0.2, 0.25) is 10.0 Å². The highest BCUT2D eigenvalue weighted by Crippen LogP contribution is 2.27. The zero-order chi connectivity index (χ0) is 14.8. The van der Waals surface area contributed by atoms with Gasteiger partial charge in [0.1, 0.15) is 5.76 Å². The monoisotopic (exact) mass is 295 g/mol. The van der Waals surface area contributed by atoms with E-state index in [-0.39, 0.29) is 4.90 Å². The number of nitrogens with two attached hydrogens (primary N) is 1. The topological polar surface area (TPSA) is 88.6 Å². The molecule has 0 aliphatic rings. The van der Waals surface area contributed by atoms with E-state index in [1.165, 1.54) is 13.1 Å². The van der Waals surface area contributed by atoms with Gasteiger partial charge in [-0.15, -0.1) is 0 Å². The first-order valence-corrected chi connectivity index (χ1v) is 7.49. The van der Waals surface area contributed by atoms with Crippen LogP contribution in [0, 0.1) is 0 Å². The molecular formula is C13H17N3O3S. The summed E-state index contributed by atoms with van der Waals surface area (Å²) >= 11 is 0. The third kappa shape index (κ3) is 2.94. The molecular weight excluding hydrogens is 278 g/mol. The summed E-state index contributed by atoms with van der Waals surface area (Å²) in [6.45, 7) is 0.500. The molecule has 0 amide bonds. The molecule has 0 radical (unpaired) electrons. The third-order valence-electron chi connectivity index (χ3n) is 2.97. The van der Waals surface area contributed by atoms with Crippen LogP contribution in [0.5, 0.6) is 0 Å². The SMILES string of the molecule is CNS(=O)(=O)c1ccc(N)c(N(C)Cc2ccco2)c1. The number of furan rings is 1. The Morgan fingerprint density at radius 1 is 1.35 bits per heavy atom. The number of anilines is 2. The first kappa shape index (κ1) is 14.4. The van der Waals surface area contributed by atoms with Crippen LogP contribution in [-0.2, 0) is 16.6 Å². The zero-order valence-corrected chi connectivity index (χ0v) is 12.1. The van der Waals surface area contributed by atoms with Gasteiger partial charge in [-0.05, 0) is 37.4 Å².